The van der Waals surface area contributed by atoms with Gasteiger partial charge >= 0.3 is 0 Å². The van der Waals surface area contributed by atoms with Gasteiger partial charge in [-0.05, 0) is 35.2 Å². The number of hydrogen-bond donors (Lipinski definition) is 3. The molecule has 7 heteroatoms. The lowest BCUT2D eigenvalue weighted by Gasteiger charge is -2.07. The van der Waals surface area contributed by atoms with Gasteiger partial charge in [-0.3, -0.25) is 20.4 Å². The maximum atomic E-state index is 12.1. The summed E-state index contributed by atoms with van der Waals surface area (Å²) in [6.07, 6.45) is 2.51. The molecule has 0 saturated heterocycles. The van der Waals surface area contributed by atoms with Crippen LogP contribution in [0.25, 0.3) is 28.1 Å². The number of carbonyl (C=O) groups excluding carboxylic acids is 2. The van der Waals surface area contributed by atoms with Crippen LogP contribution in [-0.2, 0) is 16.0 Å². The van der Waals surface area contributed by atoms with Crippen LogP contribution < -0.4 is 10.9 Å². The number of para-hydroxylation sites is 1. The Morgan fingerprint density at radius 3 is 2.00 bits per heavy atom. The number of aromatic nitrogens is 2. The van der Waals surface area contributed by atoms with E-state index in [1.54, 1.807) is 4.68 Å². The number of rotatable bonds is 7. The molecule has 0 aliphatic heterocycles. The Morgan fingerprint density at radius 1 is 0.758 bits per heavy atom. The third-order valence-corrected chi connectivity index (χ3v) is 5.18. The topological polar surface area (TPSA) is 96.3 Å². The van der Waals surface area contributed by atoms with Crippen LogP contribution in [0.4, 0.5) is 0 Å². The first kappa shape index (κ1) is 22.0. The average Bonchev–Trinajstić information content (AvgIpc) is 3.31. The fraction of sp³-hybridized carbons (Fsp3) is 0.115. The quantitative estimate of drug-likeness (QED) is 0.384. The molecule has 1 aromatic heterocycles. The third-order valence-electron chi connectivity index (χ3n) is 5.18. The molecule has 0 radical (unpaired) electrons. The molecule has 0 bridgehead atoms. The number of aryl methyl sites for hydroxylation is 1. The minimum atomic E-state index is -0.687. The molecule has 0 aliphatic rings. The van der Waals surface area contributed by atoms with Gasteiger partial charge in [0.05, 0.1) is 11.4 Å². The summed E-state index contributed by atoms with van der Waals surface area (Å²) in [5.41, 5.74) is 10.3. The number of benzene rings is 3. The highest BCUT2D eigenvalue weighted by Crippen LogP contribution is 2.28. The smallest absolute Gasteiger partial charge is 0.264 e. The maximum Gasteiger partial charge on any atom is 0.264 e. The Hall–Kier alpha value is -4.23. The van der Waals surface area contributed by atoms with Gasteiger partial charge in [0.1, 0.15) is 6.61 Å². The average molecular weight is 441 g/mol. The minimum Gasteiger partial charge on any atom is -0.386 e. The molecule has 0 aliphatic carbocycles. The lowest BCUT2D eigenvalue weighted by molar-refractivity contribution is -0.130. The molecule has 0 fully saturated rings. The minimum absolute atomic E-state index is 0.154. The number of aliphatic hydroxyl groups excluding tert-OH is 1. The summed E-state index contributed by atoms with van der Waals surface area (Å²) in [6, 6.07) is 28.1. The van der Waals surface area contributed by atoms with E-state index in [9.17, 15) is 9.59 Å². The third kappa shape index (κ3) is 5.53. The zero-order chi connectivity index (χ0) is 23.0. The van der Waals surface area contributed by atoms with Crippen LogP contribution in [-0.4, -0.2) is 33.3 Å². The number of aliphatic hydroxyl groups is 1. The number of amides is 2. The molecule has 166 valence electrons. The molecule has 4 aromatic rings. The van der Waals surface area contributed by atoms with E-state index >= 15 is 0 Å². The highest BCUT2D eigenvalue weighted by Gasteiger charge is 2.14. The van der Waals surface area contributed by atoms with Crippen molar-refractivity contribution in [2.24, 2.45) is 0 Å². The molecule has 7 nitrogen and oxygen atoms in total. The van der Waals surface area contributed by atoms with Gasteiger partial charge in [0.2, 0.25) is 5.91 Å². The molecular formula is C26H24N4O3. The highest BCUT2D eigenvalue weighted by molar-refractivity contribution is 5.82. The molecule has 3 aromatic carbocycles. The number of hydrazine groups is 1. The van der Waals surface area contributed by atoms with E-state index in [2.05, 4.69) is 35.1 Å². The van der Waals surface area contributed by atoms with Crippen molar-refractivity contribution in [2.45, 2.75) is 12.8 Å². The summed E-state index contributed by atoms with van der Waals surface area (Å²) in [5, 5.41) is 13.5. The van der Waals surface area contributed by atoms with Crippen molar-refractivity contribution in [3.63, 3.8) is 0 Å². The predicted octanol–water partition coefficient (Wildman–Crippen LogP) is 3.28. The second-order valence-corrected chi connectivity index (χ2v) is 7.48. The normalized spacial score (nSPS) is 10.6. The number of nitrogens with zero attached hydrogens (tertiary/aromatic N) is 2. The van der Waals surface area contributed by atoms with E-state index in [1.807, 2.05) is 66.9 Å². The summed E-state index contributed by atoms with van der Waals surface area (Å²) in [7, 11) is 0. The first-order chi connectivity index (χ1) is 16.1. The largest absolute Gasteiger partial charge is 0.386 e. The van der Waals surface area contributed by atoms with Gasteiger partial charge in [0, 0.05) is 18.2 Å². The van der Waals surface area contributed by atoms with E-state index < -0.39 is 12.5 Å². The van der Waals surface area contributed by atoms with E-state index in [1.165, 1.54) is 0 Å². The summed E-state index contributed by atoms with van der Waals surface area (Å²) in [4.78, 5) is 23.3. The number of hydrogen-bond acceptors (Lipinski definition) is 4. The van der Waals surface area contributed by atoms with E-state index in [-0.39, 0.29) is 12.3 Å². The molecule has 0 saturated carbocycles. The van der Waals surface area contributed by atoms with Gasteiger partial charge < -0.3 is 5.11 Å². The molecule has 4 rings (SSSR count). The molecule has 3 N–H and O–H groups in total. The predicted molar refractivity (Wildman–Crippen MR) is 126 cm³/mol. The molecule has 0 spiro atoms. The van der Waals surface area contributed by atoms with Crippen molar-refractivity contribution in [1.82, 2.24) is 20.6 Å². The molecular weight excluding hydrogens is 416 g/mol. The zero-order valence-corrected chi connectivity index (χ0v) is 17.9. The van der Waals surface area contributed by atoms with Gasteiger partial charge in [-0.1, -0.05) is 72.8 Å². The Labute approximate surface area is 191 Å². The van der Waals surface area contributed by atoms with E-state index in [0.29, 0.717) is 6.42 Å². The van der Waals surface area contributed by atoms with Gasteiger partial charge in [-0.2, -0.15) is 5.10 Å². The number of nitrogens with one attached hydrogen (secondary N) is 2. The first-order valence-electron chi connectivity index (χ1n) is 10.6. The van der Waals surface area contributed by atoms with Crippen molar-refractivity contribution in [1.29, 1.82) is 0 Å². The van der Waals surface area contributed by atoms with Gasteiger partial charge in [-0.15, -0.1) is 0 Å². The molecule has 1 heterocycles. The Morgan fingerprint density at radius 2 is 1.33 bits per heavy atom. The Kier molecular flexibility index (Phi) is 6.92. The van der Waals surface area contributed by atoms with Crippen LogP contribution in [0, 0.1) is 0 Å². The van der Waals surface area contributed by atoms with Crippen molar-refractivity contribution in [3.8, 4) is 28.1 Å². The monoisotopic (exact) mass is 440 g/mol. The Balaban J connectivity index is 1.58. The molecule has 0 atom stereocenters. The van der Waals surface area contributed by atoms with Crippen LogP contribution in [0.1, 0.15) is 12.0 Å². The SMILES string of the molecule is O=C(CO)NNC(=O)CCc1cn(-c2ccccc2)nc1-c1ccc(-c2ccccc2)cc1. The van der Waals surface area contributed by atoms with Crippen molar-refractivity contribution >= 4 is 11.8 Å². The van der Waals surface area contributed by atoms with Gasteiger partial charge in [0.15, 0.2) is 0 Å². The number of carbonyl (C=O) groups is 2. The summed E-state index contributed by atoms with van der Waals surface area (Å²) < 4.78 is 1.81. The van der Waals surface area contributed by atoms with Crippen LogP contribution in [0.3, 0.4) is 0 Å². The summed E-state index contributed by atoms with van der Waals surface area (Å²) in [5.74, 6) is -1.02. The maximum absolute atomic E-state index is 12.1. The fourth-order valence-corrected chi connectivity index (χ4v) is 3.49. The standard InChI is InChI=1S/C26H24N4O3/c31-18-25(33)28-27-24(32)16-15-22-17-30(23-9-5-2-6-10-23)29-26(22)21-13-11-20(12-14-21)19-7-3-1-4-8-19/h1-14,17,31H,15-16,18H2,(H,27,32)(H,28,33). The highest BCUT2D eigenvalue weighted by atomic mass is 16.3. The summed E-state index contributed by atoms with van der Waals surface area (Å²) in [6.45, 7) is -0.687. The van der Waals surface area contributed by atoms with Gasteiger partial charge in [0.25, 0.3) is 5.91 Å². The molecule has 33 heavy (non-hydrogen) atoms. The van der Waals surface area contributed by atoms with Crippen LogP contribution in [0.2, 0.25) is 0 Å². The molecule has 0 unspecified atom stereocenters. The van der Waals surface area contributed by atoms with Crippen molar-refractivity contribution in [2.75, 3.05) is 6.61 Å². The molecule has 2 amide bonds. The zero-order valence-electron chi connectivity index (χ0n) is 17.9. The van der Waals surface area contributed by atoms with Crippen LogP contribution in [0.5, 0.6) is 0 Å². The van der Waals surface area contributed by atoms with Crippen molar-refractivity contribution in [3.05, 3.63) is 96.7 Å². The first-order valence-corrected chi connectivity index (χ1v) is 10.6. The van der Waals surface area contributed by atoms with E-state index in [4.69, 9.17) is 10.2 Å². The van der Waals surface area contributed by atoms with Crippen LogP contribution >= 0.6 is 0 Å². The fourth-order valence-electron chi connectivity index (χ4n) is 3.49. The lowest BCUT2D eigenvalue weighted by atomic mass is 10.0. The van der Waals surface area contributed by atoms with Gasteiger partial charge in [-0.25, -0.2) is 4.68 Å². The Bertz CT molecular complexity index is 1220. The second kappa shape index (κ2) is 10.4. The summed E-state index contributed by atoms with van der Waals surface area (Å²) >= 11 is 0. The lowest BCUT2D eigenvalue weighted by Crippen LogP contribution is -2.43. The van der Waals surface area contributed by atoms with E-state index in [0.717, 1.165) is 33.6 Å². The van der Waals surface area contributed by atoms with Crippen molar-refractivity contribution < 1.29 is 14.7 Å². The van der Waals surface area contributed by atoms with Crippen LogP contribution in [0.15, 0.2) is 91.1 Å². The second-order valence-electron chi connectivity index (χ2n) is 7.48.